The number of nitrogens with zero attached hydrogens (tertiary/aromatic N) is 1. The number of halogens is 3. The molecule has 158 valence electrons. The predicted molar refractivity (Wildman–Crippen MR) is 107 cm³/mol. The molecule has 0 aliphatic heterocycles. The summed E-state index contributed by atoms with van der Waals surface area (Å²) in [6.45, 7) is 3.15. The summed E-state index contributed by atoms with van der Waals surface area (Å²) in [6, 6.07) is 17.1. The summed E-state index contributed by atoms with van der Waals surface area (Å²) < 4.78 is 47.0. The van der Waals surface area contributed by atoms with Crippen LogP contribution in [0.4, 0.5) is 13.2 Å². The van der Waals surface area contributed by atoms with Crippen LogP contribution in [0, 0.1) is 11.3 Å². The molecule has 2 rings (SSSR count). The van der Waals surface area contributed by atoms with Crippen molar-refractivity contribution in [1.29, 1.82) is 5.26 Å². The largest absolute Gasteiger partial charge is 0.494 e. The summed E-state index contributed by atoms with van der Waals surface area (Å²) in [7, 11) is 0. The van der Waals surface area contributed by atoms with Crippen molar-refractivity contribution in [1.82, 2.24) is 0 Å². The number of esters is 1. The normalized spacial score (nSPS) is 10.9. The first-order chi connectivity index (χ1) is 14.3. The minimum Gasteiger partial charge on any atom is -0.494 e. The highest BCUT2D eigenvalue weighted by atomic mass is 19.4. The standard InChI is InChI=1S/C23H22F3NO3/c1-17(23(24,25)26)22(28)30-15-5-3-2-4-14-29-21-12-10-20(11-13-21)19-8-6-18(16-27)7-9-19/h6-13H,1-5,14-15H2. The van der Waals surface area contributed by atoms with Gasteiger partial charge in [-0.2, -0.15) is 18.4 Å². The van der Waals surface area contributed by atoms with Gasteiger partial charge in [0.15, 0.2) is 0 Å². The molecule has 0 spiro atoms. The third-order valence-corrected chi connectivity index (χ3v) is 4.33. The quantitative estimate of drug-likeness (QED) is 0.277. The van der Waals surface area contributed by atoms with Crippen LogP contribution in [0.1, 0.15) is 31.2 Å². The zero-order valence-corrected chi connectivity index (χ0v) is 16.4. The highest BCUT2D eigenvalue weighted by Gasteiger charge is 2.37. The van der Waals surface area contributed by atoms with Crippen molar-refractivity contribution in [2.75, 3.05) is 13.2 Å². The summed E-state index contributed by atoms with van der Waals surface area (Å²) in [5.74, 6) is -0.678. The Morgan fingerprint density at radius 3 is 1.97 bits per heavy atom. The molecule has 0 amide bonds. The van der Waals surface area contributed by atoms with Gasteiger partial charge in [-0.1, -0.05) is 30.8 Å². The lowest BCUT2D eigenvalue weighted by molar-refractivity contribution is -0.150. The van der Waals surface area contributed by atoms with E-state index in [1.165, 1.54) is 0 Å². The Hall–Kier alpha value is -3.27. The van der Waals surface area contributed by atoms with E-state index in [-0.39, 0.29) is 6.61 Å². The van der Waals surface area contributed by atoms with E-state index in [0.717, 1.165) is 29.7 Å². The second kappa shape index (κ2) is 11.1. The average Bonchev–Trinajstić information content (AvgIpc) is 2.74. The molecule has 30 heavy (non-hydrogen) atoms. The number of rotatable bonds is 10. The smallest absolute Gasteiger partial charge is 0.422 e. The van der Waals surface area contributed by atoms with E-state index in [9.17, 15) is 18.0 Å². The second-order valence-electron chi connectivity index (χ2n) is 6.59. The fraction of sp³-hybridized carbons (Fsp3) is 0.304. The van der Waals surface area contributed by atoms with Gasteiger partial charge in [-0.05, 0) is 61.1 Å². The number of nitriles is 1. The summed E-state index contributed by atoms with van der Waals surface area (Å²) in [5, 5.41) is 8.84. The Labute approximate surface area is 173 Å². The number of carbonyl (C=O) groups excluding carboxylic acids is 1. The fourth-order valence-corrected chi connectivity index (χ4v) is 2.60. The molecular formula is C23H22F3NO3. The molecule has 0 aliphatic carbocycles. The molecule has 0 aliphatic rings. The lowest BCUT2D eigenvalue weighted by atomic mass is 10.0. The van der Waals surface area contributed by atoms with E-state index in [4.69, 9.17) is 10.00 Å². The molecule has 2 aromatic carbocycles. The van der Waals surface area contributed by atoms with E-state index < -0.39 is 17.7 Å². The third kappa shape index (κ3) is 7.28. The molecule has 0 saturated heterocycles. The summed E-state index contributed by atoms with van der Waals surface area (Å²) in [4.78, 5) is 11.2. The van der Waals surface area contributed by atoms with Crippen LogP contribution in [-0.4, -0.2) is 25.4 Å². The molecule has 7 heteroatoms. The average molecular weight is 417 g/mol. The van der Waals surface area contributed by atoms with Crippen LogP contribution in [0.3, 0.4) is 0 Å². The van der Waals surface area contributed by atoms with Crippen molar-refractivity contribution >= 4 is 5.97 Å². The topological polar surface area (TPSA) is 59.3 Å². The molecule has 0 heterocycles. The molecule has 0 N–H and O–H groups in total. The van der Waals surface area contributed by atoms with Gasteiger partial charge in [-0.3, -0.25) is 0 Å². The highest BCUT2D eigenvalue weighted by molar-refractivity contribution is 5.89. The van der Waals surface area contributed by atoms with Gasteiger partial charge in [-0.25, -0.2) is 4.79 Å². The molecule has 0 radical (unpaired) electrons. The van der Waals surface area contributed by atoms with Crippen molar-refractivity contribution in [2.24, 2.45) is 0 Å². The number of unbranched alkanes of at least 4 members (excludes halogenated alkanes) is 3. The van der Waals surface area contributed by atoms with Crippen LogP contribution in [0.15, 0.2) is 60.7 Å². The van der Waals surface area contributed by atoms with E-state index >= 15 is 0 Å². The number of alkyl halides is 3. The summed E-state index contributed by atoms with van der Waals surface area (Å²) >= 11 is 0. The van der Waals surface area contributed by atoms with Gasteiger partial charge in [0.25, 0.3) is 0 Å². The van der Waals surface area contributed by atoms with Gasteiger partial charge in [-0.15, -0.1) is 0 Å². The van der Waals surface area contributed by atoms with Crippen molar-refractivity contribution < 1.29 is 27.4 Å². The first-order valence-electron chi connectivity index (χ1n) is 9.48. The Bertz CT molecular complexity index is 882. The minimum atomic E-state index is -4.76. The van der Waals surface area contributed by atoms with Gasteiger partial charge in [0, 0.05) is 0 Å². The van der Waals surface area contributed by atoms with Gasteiger partial charge in [0.05, 0.1) is 24.8 Å². The van der Waals surface area contributed by atoms with Crippen LogP contribution < -0.4 is 4.74 Å². The van der Waals surface area contributed by atoms with Gasteiger partial charge in [0.1, 0.15) is 11.3 Å². The van der Waals surface area contributed by atoms with Gasteiger partial charge in [0.2, 0.25) is 0 Å². The maximum Gasteiger partial charge on any atom is 0.422 e. The van der Waals surface area contributed by atoms with Crippen molar-refractivity contribution in [3.8, 4) is 22.9 Å². The molecule has 0 atom stereocenters. The lowest BCUT2D eigenvalue weighted by Gasteiger charge is -2.10. The van der Waals surface area contributed by atoms with E-state index in [0.29, 0.717) is 25.0 Å². The SMILES string of the molecule is C=C(C(=O)OCCCCCCOc1ccc(-c2ccc(C#N)cc2)cc1)C(F)(F)F. The summed E-state index contributed by atoms with van der Waals surface area (Å²) in [5.41, 5.74) is 1.17. The first-order valence-corrected chi connectivity index (χ1v) is 9.48. The van der Waals surface area contributed by atoms with Crippen molar-refractivity contribution in [3.63, 3.8) is 0 Å². The molecular weight excluding hydrogens is 395 g/mol. The Kier molecular flexibility index (Phi) is 8.48. The third-order valence-electron chi connectivity index (χ3n) is 4.33. The Morgan fingerprint density at radius 2 is 1.43 bits per heavy atom. The van der Waals surface area contributed by atoms with Crippen LogP contribution in [0.25, 0.3) is 11.1 Å². The zero-order chi connectivity index (χ0) is 22.0. The molecule has 2 aromatic rings. The number of carbonyl (C=O) groups is 1. The minimum absolute atomic E-state index is 0.0639. The van der Waals surface area contributed by atoms with Crippen molar-refractivity contribution in [3.05, 3.63) is 66.2 Å². The molecule has 0 saturated carbocycles. The van der Waals surface area contributed by atoms with Crippen LogP contribution in [0.2, 0.25) is 0 Å². The van der Waals surface area contributed by atoms with Crippen molar-refractivity contribution in [2.45, 2.75) is 31.9 Å². The molecule has 0 fully saturated rings. The Balaban J connectivity index is 1.60. The number of hydrogen-bond acceptors (Lipinski definition) is 4. The van der Waals surface area contributed by atoms with E-state index in [1.54, 1.807) is 12.1 Å². The number of hydrogen-bond donors (Lipinski definition) is 0. The number of benzene rings is 2. The van der Waals surface area contributed by atoms with Crippen LogP contribution in [-0.2, 0) is 9.53 Å². The van der Waals surface area contributed by atoms with Gasteiger partial charge >= 0.3 is 12.1 Å². The molecule has 0 bridgehead atoms. The first kappa shape index (κ1) is 23.0. The van der Waals surface area contributed by atoms with E-state index in [2.05, 4.69) is 17.4 Å². The fourth-order valence-electron chi connectivity index (χ4n) is 2.60. The Morgan fingerprint density at radius 1 is 0.900 bits per heavy atom. The number of ether oxygens (including phenoxy) is 2. The zero-order valence-electron chi connectivity index (χ0n) is 16.4. The molecule has 0 aromatic heterocycles. The predicted octanol–water partition coefficient (Wildman–Crippen LogP) is 5.83. The van der Waals surface area contributed by atoms with Gasteiger partial charge < -0.3 is 9.47 Å². The van der Waals surface area contributed by atoms with E-state index in [1.807, 2.05) is 36.4 Å². The molecule has 0 unspecified atom stereocenters. The monoisotopic (exact) mass is 417 g/mol. The maximum absolute atomic E-state index is 12.3. The summed E-state index contributed by atoms with van der Waals surface area (Å²) in [6.07, 6.45) is -1.97. The van der Waals surface area contributed by atoms with Crippen LogP contribution >= 0.6 is 0 Å². The maximum atomic E-state index is 12.3. The molecule has 4 nitrogen and oxygen atoms in total. The second-order valence-corrected chi connectivity index (χ2v) is 6.59. The highest BCUT2D eigenvalue weighted by Crippen LogP contribution is 2.25. The lowest BCUT2D eigenvalue weighted by Crippen LogP contribution is -2.21. The van der Waals surface area contributed by atoms with Crippen LogP contribution in [0.5, 0.6) is 5.75 Å².